The van der Waals surface area contributed by atoms with Crippen LogP contribution in [0.4, 0.5) is 0 Å². The second-order valence-corrected chi connectivity index (χ2v) is 10.1. The number of rotatable bonds is 9. The second kappa shape index (κ2) is 12.2. The highest BCUT2D eigenvalue weighted by atomic mass is 32.2. The van der Waals surface area contributed by atoms with E-state index in [0.717, 1.165) is 46.8 Å². The summed E-state index contributed by atoms with van der Waals surface area (Å²) in [6.07, 6.45) is 5.11. The average Bonchev–Trinajstić information content (AvgIpc) is 2.86. The first-order chi connectivity index (χ1) is 17.1. The summed E-state index contributed by atoms with van der Waals surface area (Å²) in [5.41, 5.74) is 2.12. The minimum Gasteiger partial charge on any atom is -0.490 e. The number of benzene rings is 2. The van der Waals surface area contributed by atoms with Gasteiger partial charge in [0.15, 0.2) is 11.5 Å². The summed E-state index contributed by atoms with van der Waals surface area (Å²) < 4.78 is 11.3. The van der Waals surface area contributed by atoms with E-state index >= 15 is 0 Å². The highest BCUT2D eigenvalue weighted by molar-refractivity contribution is 8.04. The van der Waals surface area contributed by atoms with E-state index in [4.69, 9.17) is 9.47 Å². The third-order valence-corrected chi connectivity index (χ3v) is 7.82. The maximum Gasteiger partial charge on any atom is 0.257 e. The predicted octanol–water partition coefficient (Wildman–Crippen LogP) is 4.58. The quantitative estimate of drug-likeness (QED) is 0.499. The van der Waals surface area contributed by atoms with Crippen molar-refractivity contribution in [1.29, 1.82) is 0 Å². The number of amides is 2. The Morgan fingerprint density at radius 3 is 2.63 bits per heavy atom. The molecule has 0 bridgehead atoms. The van der Waals surface area contributed by atoms with E-state index in [9.17, 15) is 9.59 Å². The molecule has 4 rings (SSSR count). The summed E-state index contributed by atoms with van der Waals surface area (Å²) in [7, 11) is 0. The molecule has 3 atom stereocenters. The average molecular weight is 495 g/mol. The lowest BCUT2D eigenvalue weighted by Crippen LogP contribution is -2.51. The first kappa shape index (κ1) is 25.2. The minimum absolute atomic E-state index is 0.0322. The van der Waals surface area contributed by atoms with E-state index in [1.807, 2.05) is 68.5 Å². The van der Waals surface area contributed by atoms with Crippen LogP contribution in [0.25, 0.3) is 6.08 Å². The zero-order chi connectivity index (χ0) is 24.6. The summed E-state index contributed by atoms with van der Waals surface area (Å²) in [5, 5.41) is 6.57. The number of hydrogen-bond donors (Lipinski definition) is 2. The molecule has 186 valence electrons. The molecule has 6 nitrogen and oxygen atoms in total. The lowest BCUT2D eigenvalue weighted by atomic mass is 9.84. The van der Waals surface area contributed by atoms with Gasteiger partial charge in [0.1, 0.15) is 0 Å². The molecule has 2 N–H and O–H groups in total. The molecule has 7 heteroatoms. The molecular weight excluding hydrogens is 460 g/mol. The molecule has 0 aromatic heterocycles. The van der Waals surface area contributed by atoms with Crippen LogP contribution in [0.2, 0.25) is 0 Å². The van der Waals surface area contributed by atoms with Gasteiger partial charge in [0.25, 0.3) is 5.91 Å². The number of nitrogens with one attached hydrogen (secondary N) is 2. The fourth-order valence-corrected chi connectivity index (χ4v) is 5.95. The van der Waals surface area contributed by atoms with Gasteiger partial charge in [0, 0.05) is 23.8 Å². The van der Waals surface area contributed by atoms with Gasteiger partial charge in [-0.15, -0.1) is 11.8 Å². The van der Waals surface area contributed by atoms with Crippen LogP contribution in [-0.2, 0) is 16.0 Å². The predicted molar refractivity (Wildman–Crippen MR) is 141 cm³/mol. The Kier molecular flexibility index (Phi) is 8.74. The molecule has 0 radical (unpaired) electrons. The molecule has 2 aliphatic rings. The van der Waals surface area contributed by atoms with Crippen molar-refractivity contribution < 1.29 is 19.1 Å². The van der Waals surface area contributed by atoms with Crippen LogP contribution in [0.5, 0.6) is 11.5 Å². The van der Waals surface area contributed by atoms with Crippen molar-refractivity contribution in [2.24, 2.45) is 5.92 Å². The minimum atomic E-state index is -0.0730. The number of thioether (sulfide) groups is 1. The van der Waals surface area contributed by atoms with E-state index in [1.54, 1.807) is 11.8 Å². The van der Waals surface area contributed by atoms with Crippen LogP contribution >= 0.6 is 11.8 Å². The zero-order valence-electron chi connectivity index (χ0n) is 20.4. The van der Waals surface area contributed by atoms with Gasteiger partial charge in [0.05, 0.1) is 18.1 Å². The zero-order valence-corrected chi connectivity index (χ0v) is 21.2. The van der Waals surface area contributed by atoms with Crippen molar-refractivity contribution in [2.75, 3.05) is 19.8 Å². The lowest BCUT2D eigenvalue weighted by molar-refractivity contribution is -0.127. The van der Waals surface area contributed by atoms with Crippen LogP contribution in [0, 0.1) is 5.92 Å². The SMILES string of the molecule is CCOc1ccc(CCNC(=O)C2CCC3S/C(=C\c4ccccc4)C(=O)NC3C2)cc1OCC. The fraction of sp³-hybridized carbons (Fsp3) is 0.429. The van der Waals surface area contributed by atoms with Crippen molar-refractivity contribution in [2.45, 2.75) is 50.8 Å². The third-order valence-electron chi connectivity index (χ3n) is 6.39. The number of ether oxygens (including phenoxy) is 2. The standard InChI is InChI=1S/C28H34N2O4S/c1-3-33-23-12-10-20(16-24(23)34-4-2)14-15-29-27(31)21-11-13-25-22(18-21)30-28(32)26(35-25)17-19-8-6-5-7-9-19/h5-10,12,16-17,21-22,25H,3-4,11,13-15,18H2,1-2H3,(H,29,31)(H,30,32)/b26-17-. The highest BCUT2D eigenvalue weighted by Gasteiger charge is 2.39. The molecule has 1 aliphatic heterocycles. The molecule has 0 spiro atoms. The first-order valence-electron chi connectivity index (χ1n) is 12.5. The Labute approximate surface area is 211 Å². The van der Waals surface area contributed by atoms with Gasteiger partial charge in [-0.3, -0.25) is 9.59 Å². The van der Waals surface area contributed by atoms with Crippen molar-refractivity contribution in [3.8, 4) is 11.5 Å². The normalized spacial score (nSPS) is 22.7. The van der Waals surface area contributed by atoms with Crippen LogP contribution in [0.3, 0.4) is 0 Å². The molecule has 2 aromatic carbocycles. The molecule has 2 fully saturated rings. The van der Waals surface area contributed by atoms with Gasteiger partial charge in [-0.2, -0.15) is 0 Å². The van der Waals surface area contributed by atoms with Gasteiger partial charge in [-0.1, -0.05) is 36.4 Å². The summed E-state index contributed by atoms with van der Waals surface area (Å²) >= 11 is 1.65. The largest absolute Gasteiger partial charge is 0.490 e. The fourth-order valence-electron chi connectivity index (χ4n) is 4.66. The van der Waals surface area contributed by atoms with Crippen LogP contribution < -0.4 is 20.1 Å². The molecule has 2 amide bonds. The molecule has 1 heterocycles. The molecule has 35 heavy (non-hydrogen) atoms. The number of fused-ring (bicyclic) bond motifs is 1. The molecule has 3 unspecified atom stereocenters. The second-order valence-electron chi connectivity index (χ2n) is 8.85. The first-order valence-corrected chi connectivity index (χ1v) is 13.4. The van der Waals surface area contributed by atoms with Gasteiger partial charge < -0.3 is 20.1 Å². The summed E-state index contributed by atoms with van der Waals surface area (Å²) in [4.78, 5) is 26.3. The Morgan fingerprint density at radius 2 is 1.86 bits per heavy atom. The monoisotopic (exact) mass is 494 g/mol. The summed E-state index contributed by atoms with van der Waals surface area (Å²) in [6.45, 7) is 5.62. The van der Waals surface area contributed by atoms with E-state index < -0.39 is 0 Å². The van der Waals surface area contributed by atoms with Crippen LogP contribution in [0.1, 0.15) is 44.2 Å². The van der Waals surface area contributed by atoms with Crippen molar-refractivity contribution in [3.63, 3.8) is 0 Å². The van der Waals surface area contributed by atoms with Crippen LogP contribution in [-0.4, -0.2) is 42.9 Å². The maximum atomic E-state index is 12.9. The van der Waals surface area contributed by atoms with E-state index in [2.05, 4.69) is 10.6 Å². The Balaban J connectivity index is 1.27. The Hall–Kier alpha value is -2.93. The van der Waals surface area contributed by atoms with E-state index in [-0.39, 0.29) is 23.8 Å². The maximum absolute atomic E-state index is 12.9. The summed E-state index contributed by atoms with van der Waals surface area (Å²) in [6, 6.07) is 15.9. The van der Waals surface area contributed by atoms with E-state index in [0.29, 0.717) is 31.4 Å². The molecule has 1 saturated heterocycles. The third kappa shape index (κ3) is 6.60. The van der Waals surface area contributed by atoms with Crippen molar-refractivity contribution in [1.82, 2.24) is 10.6 Å². The van der Waals surface area contributed by atoms with Gasteiger partial charge >= 0.3 is 0 Å². The summed E-state index contributed by atoms with van der Waals surface area (Å²) in [5.74, 6) is 1.44. The highest BCUT2D eigenvalue weighted by Crippen LogP contribution is 2.40. The topological polar surface area (TPSA) is 76.7 Å². The number of carbonyl (C=O) groups excluding carboxylic acids is 2. The Bertz CT molecular complexity index is 1060. The lowest BCUT2D eigenvalue weighted by Gasteiger charge is -2.39. The molecule has 2 aromatic rings. The van der Waals surface area contributed by atoms with Gasteiger partial charge in [-0.25, -0.2) is 0 Å². The van der Waals surface area contributed by atoms with Gasteiger partial charge in [-0.05, 0) is 68.9 Å². The molecule has 1 aliphatic carbocycles. The smallest absolute Gasteiger partial charge is 0.257 e. The van der Waals surface area contributed by atoms with Crippen molar-refractivity contribution >= 4 is 29.7 Å². The number of hydrogen-bond acceptors (Lipinski definition) is 5. The van der Waals surface area contributed by atoms with Gasteiger partial charge in [0.2, 0.25) is 5.91 Å². The molecule has 1 saturated carbocycles. The van der Waals surface area contributed by atoms with E-state index in [1.165, 1.54) is 0 Å². The van der Waals surface area contributed by atoms with Crippen molar-refractivity contribution in [3.05, 3.63) is 64.6 Å². The number of carbonyl (C=O) groups is 2. The van der Waals surface area contributed by atoms with Crippen LogP contribution in [0.15, 0.2) is 53.4 Å². The Morgan fingerprint density at radius 1 is 1.09 bits per heavy atom. The molecular formula is C28H34N2O4S.